The number of anilines is 2. The fraction of sp³-hybridized carbons (Fsp3) is 0. The molecule has 29 heavy (non-hydrogen) atoms. The number of nitrogen functional groups attached to an aromatic ring is 2. The summed E-state index contributed by atoms with van der Waals surface area (Å²) >= 11 is 0. The molecule has 0 unspecified atom stereocenters. The van der Waals surface area contributed by atoms with Crippen LogP contribution in [-0.4, -0.2) is 36.8 Å². The van der Waals surface area contributed by atoms with E-state index in [1.54, 1.807) is 6.07 Å². The van der Waals surface area contributed by atoms with Crippen LogP contribution in [0.1, 0.15) is 15.9 Å². The topological polar surface area (TPSA) is 198 Å². The van der Waals surface area contributed by atoms with Crippen LogP contribution in [0.25, 0.3) is 10.8 Å². The van der Waals surface area contributed by atoms with Crippen LogP contribution in [0.15, 0.2) is 52.3 Å². The molecule has 10 nitrogen and oxygen atoms in total. The Labute approximate surface area is 164 Å². The van der Waals surface area contributed by atoms with Gasteiger partial charge in [-0.05, 0) is 30.3 Å². The van der Waals surface area contributed by atoms with Gasteiger partial charge in [0.25, 0.3) is 20.2 Å². The van der Waals surface area contributed by atoms with E-state index in [2.05, 4.69) is 0 Å². The van der Waals surface area contributed by atoms with Gasteiger partial charge in [-0.3, -0.25) is 13.9 Å². The van der Waals surface area contributed by atoms with Crippen LogP contribution in [0.3, 0.4) is 0 Å². The number of ketones is 1. The van der Waals surface area contributed by atoms with E-state index in [1.807, 2.05) is 0 Å². The van der Waals surface area contributed by atoms with Gasteiger partial charge in [0, 0.05) is 27.6 Å². The summed E-state index contributed by atoms with van der Waals surface area (Å²) in [6.07, 6.45) is 0. The van der Waals surface area contributed by atoms with Gasteiger partial charge in [-0.2, -0.15) is 16.8 Å². The number of para-hydroxylation sites is 1. The van der Waals surface area contributed by atoms with Crippen molar-refractivity contribution in [1.82, 2.24) is 0 Å². The fourth-order valence-corrected chi connectivity index (χ4v) is 4.26. The summed E-state index contributed by atoms with van der Waals surface area (Å²) in [5, 5.41) is 9.51. The number of carbonyl (C=O) groups is 1. The number of phenols is 1. The standard InChI is InChI=1S/C17H14N2O8S2/c18-11-4-2-1-3-8(11)16(20)9-5-6-12(28(22,23)24)10-7-13(29(25,26)27)15(19)17(21)14(9)10/h1-7,21H,18-19H2,(H,22,23,24)(H,25,26,27). The molecular weight excluding hydrogens is 424 g/mol. The first kappa shape index (κ1) is 20.5. The summed E-state index contributed by atoms with van der Waals surface area (Å²) < 4.78 is 65.4. The lowest BCUT2D eigenvalue weighted by Crippen LogP contribution is -2.10. The summed E-state index contributed by atoms with van der Waals surface area (Å²) in [5.41, 5.74) is 10.5. The van der Waals surface area contributed by atoms with Crippen molar-refractivity contribution in [2.75, 3.05) is 11.5 Å². The summed E-state index contributed by atoms with van der Waals surface area (Å²) in [5.74, 6) is -1.68. The van der Waals surface area contributed by atoms with Gasteiger partial charge in [-0.15, -0.1) is 0 Å². The number of phenolic OH excluding ortho intramolecular Hbond substituents is 1. The van der Waals surface area contributed by atoms with Crippen LogP contribution in [0.4, 0.5) is 11.4 Å². The Balaban J connectivity index is 2.51. The van der Waals surface area contributed by atoms with Gasteiger partial charge in [0.15, 0.2) is 5.78 Å². The van der Waals surface area contributed by atoms with Gasteiger partial charge in [0.1, 0.15) is 15.5 Å². The molecule has 0 bridgehead atoms. The van der Waals surface area contributed by atoms with E-state index < -0.39 is 58.0 Å². The van der Waals surface area contributed by atoms with Gasteiger partial charge in [0.2, 0.25) is 0 Å². The Morgan fingerprint density at radius 3 is 1.97 bits per heavy atom. The SMILES string of the molecule is Nc1ccccc1C(=O)c1ccc(S(=O)(=O)O)c2cc(S(=O)(=O)O)c(N)c(O)c12. The largest absolute Gasteiger partial charge is 0.505 e. The highest BCUT2D eigenvalue weighted by Crippen LogP contribution is 2.41. The van der Waals surface area contributed by atoms with Gasteiger partial charge in [-0.25, -0.2) is 0 Å². The van der Waals surface area contributed by atoms with E-state index in [4.69, 9.17) is 11.5 Å². The maximum Gasteiger partial charge on any atom is 0.296 e. The molecule has 12 heteroatoms. The van der Waals surface area contributed by atoms with Crippen molar-refractivity contribution in [1.29, 1.82) is 0 Å². The molecule has 0 aliphatic carbocycles. The van der Waals surface area contributed by atoms with Gasteiger partial charge >= 0.3 is 0 Å². The first-order valence-electron chi connectivity index (χ1n) is 7.76. The molecule has 0 saturated heterocycles. The smallest absolute Gasteiger partial charge is 0.296 e. The van der Waals surface area contributed by atoms with E-state index in [0.717, 1.165) is 12.1 Å². The second-order valence-electron chi connectivity index (χ2n) is 6.04. The van der Waals surface area contributed by atoms with E-state index in [0.29, 0.717) is 6.07 Å². The van der Waals surface area contributed by atoms with E-state index in [9.17, 15) is 35.8 Å². The molecule has 3 aromatic rings. The van der Waals surface area contributed by atoms with Crippen LogP contribution < -0.4 is 11.5 Å². The fourth-order valence-electron chi connectivity index (χ4n) is 2.94. The van der Waals surface area contributed by atoms with Gasteiger partial charge in [0.05, 0.1) is 5.69 Å². The summed E-state index contributed by atoms with van der Waals surface area (Å²) in [4.78, 5) is 11.2. The third kappa shape index (κ3) is 3.49. The highest BCUT2D eigenvalue weighted by atomic mass is 32.2. The molecule has 0 spiro atoms. The predicted molar refractivity (Wildman–Crippen MR) is 104 cm³/mol. The van der Waals surface area contributed by atoms with Crippen molar-refractivity contribution >= 4 is 48.2 Å². The third-order valence-electron chi connectivity index (χ3n) is 4.24. The Morgan fingerprint density at radius 2 is 1.41 bits per heavy atom. The van der Waals surface area contributed by atoms with Crippen LogP contribution in [0.5, 0.6) is 5.75 Å². The maximum atomic E-state index is 13.0. The summed E-state index contributed by atoms with van der Waals surface area (Å²) in [6.45, 7) is 0. The second-order valence-corrected chi connectivity index (χ2v) is 8.82. The number of fused-ring (bicyclic) bond motifs is 1. The van der Waals surface area contributed by atoms with Crippen molar-refractivity contribution in [2.45, 2.75) is 9.79 Å². The normalized spacial score (nSPS) is 12.2. The molecule has 0 radical (unpaired) electrons. The zero-order chi connectivity index (χ0) is 21.7. The van der Waals surface area contributed by atoms with Crippen LogP contribution >= 0.6 is 0 Å². The number of benzene rings is 3. The molecule has 7 N–H and O–H groups in total. The lowest BCUT2D eigenvalue weighted by atomic mass is 9.95. The van der Waals surface area contributed by atoms with E-state index >= 15 is 0 Å². The molecule has 3 rings (SSSR count). The molecule has 0 saturated carbocycles. The minimum Gasteiger partial charge on any atom is -0.505 e. The Kier molecular flexibility index (Phi) is 4.75. The molecule has 0 fully saturated rings. The van der Waals surface area contributed by atoms with Gasteiger partial charge in [-0.1, -0.05) is 12.1 Å². The first-order chi connectivity index (χ1) is 13.3. The summed E-state index contributed by atoms with van der Waals surface area (Å²) in [6, 6.07) is 8.48. The van der Waals surface area contributed by atoms with E-state index in [1.165, 1.54) is 18.2 Å². The van der Waals surface area contributed by atoms with Crippen molar-refractivity contribution < 1.29 is 35.8 Å². The quantitative estimate of drug-likeness (QED) is 0.172. The van der Waals surface area contributed by atoms with Gasteiger partial charge < -0.3 is 16.6 Å². The predicted octanol–water partition coefficient (Wildman–Crippen LogP) is 1.43. The zero-order valence-electron chi connectivity index (χ0n) is 14.4. The zero-order valence-corrected chi connectivity index (χ0v) is 16.0. The maximum absolute atomic E-state index is 13.0. The minimum atomic E-state index is -4.97. The highest BCUT2D eigenvalue weighted by molar-refractivity contribution is 7.86. The van der Waals surface area contributed by atoms with Crippen molar-refractivity contribution in [3.8, 4) is 5.75 Å². The molecule has 0 amide bonds. The van der Waals surface area contributed by atoms with Crippen molar-refractivity contribution in [3.63, 3.8) is 0 Å². The Hall–Kier alpha value is -3.19. The number of hydrogen-bond donors (Lipinski definition) is 5. The first-order valence-corrected chi connectivity index (χ1v) is 10.6. The van der Waals surface area contributed by atoms with Crippen molar-refractivity contribution in [2.24, 2.45) is 0 Å². The molecule has 0 atom stereocenters. The van der Waals surface area contributed by atoms with Crippen LogP contribution in [0.2, 0.25) is 0 Å². The van der Waals surface area contributed by atoms with Crippen LogP contribution in [0, 0.1) is 0 Å². The lowest BCUT2D eigenvalue weighted by Gasteiger charge is -2.15. The molecule has 3 aromatic carbocycles. The summed E-state index contributed by atoms with van der Waals surface area (Å²) in [7, 11) is -9.87. The number of hydrogen-bond acceptors (Lipinski definition) is 8. The molecule has 0 aliphatic heterocycles. The molecule has 0 aromatic heterocycles. The molecule has 0 heterocycles. The second kappa shape index (κ2) is 6.70. The highest BCUT2D eigenvalue weighted by Gasteiger charge is 2.27. The molecule has 0 aliphatic rings. The number of nitrogens with two attached hydrogens (primary N) is 2. The number of carbonyl (C=O) groups excluding carboxylic acids is 1. The van der Waals surface area contributed by atoms with Crippen LogP contribution in [-0.2, 0) is 20.2 Å². The monoisotopic (exact) mass is 438 g/mol. The minimum absolute atomic E-state index is 0.0326. The lowest BCUT2D eigenvalue weighted by molar-refractivity contribution is 0.104. The Bertz CT molecular complexity index is 1400. The number of rotatable bonds is 4. The molecular formula is C17H14N2O8S2. The average molecular weight is 438 g/mol. The third-order valence-corrected chi connectivity index (χ3v) is 6.05. The average Bonchev–Trinajstić information content (AvgIpc) is 2.61. The molecule has 152 valence electrons. The van der Waals surface area contributed by atoms with E-state index in [-0.39, 0.29) is 16.8 Å². The number of aromatic hydroxyl groups is 1. The Morgan fingerprint density at radius 1 is 0.828 bits per heavy atom. The van der Waals surface area contributed by atoms with Crippen molar-refractivity contribution in [3.05, 3.63) is 53.6 Å².